The number of hydrogen-bond donors (Lipinski definition) is 1. The summed E-state index contributed by atoms with van der Waals surface area (Å²) in [5.41, 5.74) is 1.44. The van der Waals surface area contributed by atoms with Crippen molar-refractivity contribution in [1.29, 1.82) is 0 Å². The number of carbonyl (C=O) groups excluding carboxylic acids is 2. The van der Waals surface area contributed by atoms with Crippen LogP contribution >= 0.6 is 0 Å². The van der Waals surface area contributed by atoms with Crippen LogP contribution < -0.4 is 9.62 Å². The third-order valence-corrected chi connectivity index (χ3v) is 6.20. The molecule has 0 fully saturated rings. The van der Waals surface area contributed by atoms with E-state index in [1.165, 1.54) is 17.0 Å². The van der Waals surface area contributed by atoms with Gasteiger partial charge in [-0.15, -0.1) is 0 Å². The van der Waals surface area contributed by atoms with E-state index < -0.39 is 39.9 Å². The lowest BCUT2D eigenvalue weighted by Gasteiger charge is -2.33. The lowest BCUT2D eigenvalue weighted by Crippen LogP contribution is -2.54. The zero-order chi connectivity index (χ0) is 25.0. The van der Waals surface area contributed by atoms with Crippen molar-refractivity contribution in [2.24, 2.45) is 0 Å². The van der Waals surface area contributed by atoms with Gasteiger partial charge in [-0.25, -0.2) is 12.8 Å². The summed E-state index contributed by atoms with van der Waals surface area (Å²) in [4.78, 5) is 27.7. The fourth-order valence-electron chi connectivity index (χ4n) is 3.25. The lowest BCUT2D eigenvalue weighted by atomic mass is 10.1. The summed E-state index contributed by atoms with van der Waals surface area (Å²) in [6.07, 6.45) is 0.977. The van der Waals surface area contributed by atoms with E-state index in [0.717, 1.165) is 33.8 Å². The first-order chi connectivity index (χ1) is 15.2. The van der Waals surface area contributed by atoms with E-state index in [-0.39, 0.29) is 18.1 Å². The van der Waals surface area contributed by atoms with Crippen molar-refractivity contribution < 1.29 is 22.4 Å². The summed E-state index contributed by atoms with van der Waals surface area (Å²) in [6.45, 7) is 8.63. The summed E-state index contributed by atoms with van der Waals surface area (Å²) >= 11 is 0. The number of carbonyl (C=O) groups is 2. The first kappa shape index (κ1) is 26.3. The maximum atomic E-state index is 13.4. The molecule has 0 spiro atoms. The first-order valence-electron chi connectivity index (χ1n) is 10.6. The van der Waals surface area contributed by atoms with Gasteiger partial charge < -0.3 is 10.2 Å². The number of aryl methyl sites for hydroxylation is 1. The normalized spacial score (nSPS) is 12.7. The van der Waals surface area contributed by atoms with Crippen molar-refractivity contribution in [2.75, 3.05) is 17.1 Å². The molecule has 0 aromatic heterocycles. The van der Waals surface area contributed by atoms with Gasteiger partial charge in [0.15, 0.2) is 0 Å². The number of hydrogen-bond acceptors (Lipinski definition) is 4. The Morgan fingerprint density at radius 3 is 2.15 bits per heavy atom. The Morgan fingerprint density at radius 1 is 1.06 bits per heavy atom. The van der Waals surface area contributed by atoms with Crippen molar-refractivity contribution in [3.05, 3.63) is 65.5 Å². The summed E-state index contributed by atoms with van der Waals surface area (Å²) < 4.78 is 39.2. The Labute approximate surface area is 195 Å². The molecule has 0 saturated carbocycles. The topological polar surface area (TPSA) is 86.8 Å². The van der Waals surface area contributed by atoms with Gasteiger partial charge >= 0.3 is 0 Å². The Morgan fingerprint density at radius 2 is 1.64 bits per heavy atom. The Bertz CT molecular complexity index is 1100. The molecule has 7 nitrogen and oxygen atoms in total. The van der Waals surface area contributed by atoms with Crippen molar-refractivity contribution in [2.45, 2.75) is 52.7 Å². The van der Waals surface area contributed by atoms with E-state index in [1.807, 2.05) is 52.0 Å². The van der Waals surface area contributed by atoms with Crippen LogP contribution in [0.15, 0.2) is 48.5 Å². The van der Waals surface area contributed by atoms with Gasteiger partial charge in [0.2, 0.25) is 21.8 Å². The van der Waals surface area contributed by atoms with Gasteiger partial charge in [-0.2, -0.15) is 0 Å². The maximum Gasteiger partial charge on any atom is 0.244 e. The first-order valence-corrected chi connectivity index (χ1v) is 12.4. The number of nitrogens with one attached hydrogen (secondary N) is 1. The fraction of sp³-hybridized carbons (Fsp3) is 0.417. The van der Waals surface area contributed by atoms with Gasteiger partial charge in [0, 0.05) is 12.1 Å². The largest absolute Gasteiger partial charge is 0.350 e. The van der Waals surface area contributed by atoms with Crippen LogP contribution in [0.5, 0.6) is 0 Å². The predicted molar refractivity (Wildman–Crippen MR) is 128 cm³/mol. The minimum Gasteiger partial charge on any atom is -0.350 e. The molecule has 9 heteroatoms. The highest BCUT2D eigenvalue weighted by molar-refractivity contribution is 7.92. The highest BCUT2D eigenvalue weighted by Gasteiger charge is 2.31. The molecule has 1 unspecified atom stereocenters. The van der Waals surface area contributed by atoms with E-state index in [9.17, 15) is 22.4 Å². The summed E-state index contributed by atoms with van der Waals surface area (Å²) in [5.74, 6) is -1.42. The second kappa shape index (κ2) is 10.3. The monoisotopic (exact) mass is 477 g/mol. The van der Waals surface area contributed by atoms with Crippen LogP contribution in [-0.4, -0.2) is 49.5 Å². The molecule has 1 N–H and O–H groups in total. The summed E-state index contributed by atoms with van der Waals surface area (Å²) in [6, 6.07) is 11.5. The fourth-order valence-corrected chi connectivity index (χ4v) is 4.10. The second-order valence-electron chi connectivity index (χ2n) is 9.11. The van der Waals surface area contributed by atoms with E-state index >= 15 is 0 Å². The molecule has 0 saturated heterocycles. The minimum atomic E-state index is -3.85. The standard InChI is InChI=1S/C24H32FN3O4S/c1-17-9-7-8-10-19(17)15-27(18(2)23(30)26-24(3,4)5)22(29)16-28(33(6,31)32)21-13-11-20(25)12-14-21/h7-14,18H,15-16H2,1-6H3,(H,26,30). The van der Waals surface area contributed by atoms with Crippen molar-refractivity contribution >= 4 is 27.5 Å². The number of rotatable bonds is 8. The third-order valence-electron chi connectivity index (χ3n) is 5.06. The van der Waals surface area contributed by atoms with Crippen molar-refractivity contribution in [1.82, 2.24) is 10.2 Å². The average Bonchev–Trinajstić information content (AvgIpc) is 2.69. The molecule has 2 aromatic carbocycles. The van der Waals surface area contributed by atoms with Crippen LogP contribution in [0.2, 0.25) is 0 Å². The van der Waals surface area contributed by atoms with Gasteiger partial charge in [-0.1, -0.05) is 24.3 Å². The van der Waals surface area contributed by atoms with E-state index in [0.29, 0.717) is 0 Å². The molecule has 2 aromatic rings. The van der Waals surface area contributed by atoms with Gasteiger partial charge in [0.1, 0.15) is 18.4 Å². The lowest BCUT2D eigenvalue weighted by molar-refractivity contribution is -0.140. The molecule has 1 atom stereocenters. The Kier molecular flexibility index (Phi) is 8.24. The number of anilines is 1. The van der Waals surface area contributed by atoms with Crippen LogP contribution in [0.25, 0.3) is 0 Å². The van der Waals surface area contributed by atoms with Gasteiger partial charge in [0.05, 0.1) is 11.9 Å². The molecule has 33 heavy (non-hydrogen) atoms. The highest BCUT2D eigenvalue weighted by atomic mass is 32.2. The number of amides is 2. The number of sulfonamides is 1. The minimum absolute atomic E-state index is 0.130. The molecule has 0 heterocycles. The van der Waals surface area contributed by atoms with E-state index in [2.05, 4.69) is 5.32 Å². The van der Waals surface area contributed by atoms with Crippen molar-refractivity contribution in [3.63, 3.8) is 0 Å². The molecule has 180 valence electrons. The van der Waals surface area contributed by atoms with E-state index in [1.54, 1.807) is 6.92 Å². The summed E-state index contributed by atoms with van der Waals surface area (Å²) in [5, 5.41) is 2.87. The molecule has 0 aliphatic carbocycles. The molecule has 2 rings (SSSR count). The van der Waals surface area contributed by atoms with Gasteiger partial charge in [-0.3, -0.25) is 13.9 Å². The van der Waals surface area contributed by atoms with Gasteiger partial charge in [0.25, 0.3) is 0 Å². The molecule has 2 amide bonds. The molecule has 0 aliphatic rings. The number of halogens is 1. The second-order valence-corrected chi connectivity index (χ2v) is 11.0. The molecular weight excluding hydrogens is 445 g/mol. The molecule has 0 radical (unpaired) electrons. The Balaban J connectivity index is 2.41. The average molecular weight is 478 g/mol. The van der Waals surface area contributed by atoms with Crippen LogP contribution in [-0.2, 0) is 26.2 Å². The SMILES string of the molecule is Cc1ccccc1CN(C(=O)CN(c1ccc(F)cc1)S(C)(=O)=O)C(C)C(=O)NC(C)(C)C. The van der Waals surface area contributed by atoms with Crippen molar-refractivity contribution in [3.8, 4) is 0 Å². The van der Waals surface area contributed by atoms with Crippen LogP contribution in [0.4, 0.5) is 10.1 Å². The summed E-state index contributed by atoms with van der Waals surface area (Å²) in [7, 11) is -3.85. The third kappa shape index (κ3) is 7.56. The number of benzene rings is 2. The molecule has 0 bridgehead atoms. The zero-order valence-corrected chi connectivity index (χ0v) is 20.7. The smallest absolute Gasteiger partial charge is 0.244 e. The molecular formula is C24H32FN3O4S. The predicted octanol–water partition coefficient (Wildman–Crippen LogP) is 3.23. The Hall–Kier alpha value is -2.94. The van der Waals surface area contributed by atoms with E-state index in [4.69, 9.17) is 0 Å². The maximum absolute atomic E-state index is 13.4. The highest BCUT2D eigenvalue weighted by Crippen LogP contribution is 2.20. The number of nitrogens with zero attached hydrogens (tertiary/aromatic N) is 2. The molecule has 0 aliphatic heterocycles. The van der Waals surface area contributed by atoms with Gasteiger partial charge in [-0.05, 0) is 70.0 Å². The quantitative estimate of drug-likeness (QED) is 0.633. The van der Waals surface area contributed by atoms with Crippen LogP contribution in [0, 0.1) is 12.7 Å². The van der Waals surface area contributed by atoms with Crippen LogP contribution in [0.1, 0.15) is 38.8 Å². The van der Waals surface area contributed by atoms with Crippen LogP contribution in [0.3, 0.4) is 0 Å². The zero-order valence-electron chi connectivity index (χ0n) is 19.9.